The van der Waals surface area contributed by atoms with Gasteiger partial charge in [0.1, 0.15) is 22.3 Å². The number of hydrogen-bond donors (Lipinski definition) is 0. The highest BCUT2D eigenvalue weighted by Crippen LogP contribution is 2.47. The number of hydrogen-bond acceptors (Lipinski definition) is 3. The summed E-state index contributed by atoms with van der Waals surface area (Å²) in [5.74, 6) is 0. The Bertz CT molecular complexity index is 3520. The molecular weight excluding hydrogens is 695 g/mol. The lowest BCUT2D eigenvalue weighted by atomic mass is 9.93. The van der Waals surface area contributed by atoms with Crippen molar-refractivity contribution in [2.75, 3.05) is 4.90 Å². The van der Waals surface area contributed by atoms with Crippen molar-refractivity contribution in [3.05, 3.63) is 200 Å². The van der Waals surface area contributed by atoms with Crippen LogP contribution in [0.2, 0.25) is 0 Å². The fourth-order valence-electron chi connectivity index (χ4n) is 9.07. The Morgan fingerprint density at radius 1 is 0.298 bits per heavy atom. The Balaban J connectivity index is 1.11. The van der Waals surface area contributed by atoms with Gasteiger partial charge in [-0.2, -0.15) is 0 Å². The molecule has 0 saturated carbocycles. The molecule has 12 rings (SSSR count). The summed E-state index contributed by atoms with van der Waals surface area (Å²) in [6.45, 7) is 0. The summed E-state index contributed by atoms with van der Waals surface area (Å²) >= 11 is 0. The summed E-state index contributed by atoms with van der Waals surface area (Å²) in [5, 5.41) is 11.8. The molecule has 12 aromatic rings. The number of furan rings is 2. The van der Waals surface area contributed by atoms with Crippen molar-refractivity contribution in [1.82, 2.24) is 0 Å². The van der Waals surface area contributed by atoms with Crippen LogP contribution in [0.4, 0.5) is 17.1 Å². The maximum Gasteiger partial charge on any atom is 0.137 e. The first-order valence-electron chi connectivity index (χ1n) is 19.4. The van der Waals surface area contributed by atoms with E-state index in [1.807, 2.05) is 12.1 Å². The van der Waals surface area contributed by atoms with Crippen LogP contribution in [-0.2, 0) is 0 Å². The molecule has 0 aliphatic heterocycles. The van der Waals surface area contributed by atoms with Gasteiger partial charge < -0.3 is 13.7 Å². The second kappa shape index (κ2) is 12.5. The first-order chi connectivity index (χ1) is 28.3. The Kier molecular flexibility index (Phi) is 6.93. The summed E-state index contributed by atoms with van der Waals surface area (Å²) < 4.78 is 13.0. The lowest BCUT2D eigenvalue weighted by molar-refractivity contribution is 0.668. The normalized spacial score (nSPS) is 11.9. The largest absolute Gasteiger partial charge is 0.456 e. The zero-order chi connectivity index (χ0) is 37.5. The van der Waals surface area contributed by atoms with Gasteiger partial charge in [0.2, 0.25) is 0 Å². The van der Waals surface area contributed by atoms with Gasteiger partial charge in [-0.05, 0) is 115 Å². The van der Waals surface area contributed by atoms with E-state index in [0.29, 0.717) is 0 Å². The van der Waals surface area contributed by atoms with E-state index < -0.39 is 0 Å². The highest BCUT2D eigenvalue weighted by molar-refractivity contribution is 6.23. The van der Waals surface area contributed by atoms with Crippen molar-refractivity contribution in [2.24, 2.45) is 0 Å². The summed E-state index contributed by atoms with van der Waals surface area (Å²) in [6, 6.07) is 71.6. The minimum atomic E-state index is 0.857. The standard InChI is InChI=1S/C54H33NO2/c1-2-13-34(14-3-1)46-33-52-53(43-19-8-10-22-49(43)57-52)42-30-29-38(32-47(42)46)55(48-21-12-24-51-54(48)44-20-9-11-23-50(44)56-51)37-27-25-35(26-28-37)45-31-36-15-4-5-16-39(36)40-17-6-7-18-41(40)45/h1-33H. The summed E-state index contributed by atoms with van der Waals surface area (Å²) in [4.78, 5) is 2.39. The van der Waals surface area contributed by atoms with Crippen LogP contribution >= 0.6 is 0 Å². The van der Waals surface area contributed by atoms with E-state index >= 15 is 0 Å². The number of nitrogens with zero attached hydrogens (tertiary/aromatic N) is 1. The predicted molar refractivity (Wildman–Crippen MR) is 239 cm³/mol. The number of anilines is 3. The first-order valence-corrected chi connectivity index (χ1v) is 19.4. The molecule has 0 fully saturated rings. The third-order valence-corrected chi connectivity index (χ3v) is 11.6. The molecule has 3 heteroatoms. The minimum Gasteiger partial charge on any atom is -0.456 e. The van der Waals surface area contributed by atoms with Gasteiger partial charge in [-0.3, -0.25) is 0 Å². The highest BCUT2D eigenvalue weighted by Gasteiger charge is 2.22. The van der Waals surface area contributed by atoms with Crippen molar-refractivity contribution in [1.29, 1.82) is 0 Å². The molecule has 0 spiro atoms. The predicted octanol–water partition coefficient (Wildman–Crippen LogP) is 15.7. The average molecular weight is 728 g/mol. The number of fused-ring (bicyclic) bond motifs is 11. The zero-order valence-corrected chi connectivity index (χ0v) is 30.8. The molecule has 0 bridgehead atoms. The molecule has 0 atom stereocenters. The van der Waals surface area contributed by atoms with Gasteiger partial charge in [0, 0.05) is 27.5 Å². The van der Waals surface area contributed by atoms with E-state index in [-0.39, 0.29) is 0 Å². The molecule has 10 aromatic carbocycles. The molecule has 0 saturated heterocycles. The first kappa shape index (κ1) is 31.7. The summed E-state index contributed by atoms with van der Waals surface area (Å²) in [5.41, 5.74) is 11.3. The smallest absolute Gasteiger partial charge is 0.137 e. The molecule has 0 radical (unpaired) electrons. The molecule has 266 valence electrons. The second-order valence-electron chi connectivity index (χ2n) is 14.8. The van der Waals surface area contributed by atoms with Gasteiger partial charge in [0.25, 0.3) is 0 Å². The van der Waals surface area contributed by atoms with Gasteiger partial charge >= 0.3 is 0 Å². The van der Waals surface area contributed by atoms with E-state index in [1.165, 1.54) is 32.7 Å². The third kappa shape index (κ3) is 4.92. The van der Waals surface area contributed by atoms with Gasteiger partial charge in [0.05, 0.1) is 11.1 Å². The van der Waals surface area contributed by atoms with Gasteiger partial charge in [-0.25, -0.2) is 0 Å². The molecular formula is C54H33NO2. The Labute approximate surface area is 328 Å². The molecule has 2 aromatic heterocycles. The van der Waals surface area contributed by atoms with E-state index in [1.54, 1.807) is 0 Å². The quantitative estimate of drug-likeness (QED) is 0.165. The van der Waals surface area contributed by atoms with E-state index in [9.17, 15) is 0 Å². The van der Waals surface area contributed by atoms with E-state index in [2.05, 4.69) is 193 Å². The van der Waals surface area contributed by atoms with Crippen LogP contribution in [0.3, 0.4) is 0 Å². The lowest BCUT2D eigenvalue weighted by Gasteiger charge is -2.27. The van der Waals surface area contributed by atoms with Crippen LogP contribution in [0.15, 0.2) is 209 Å². The van der Waals surface area contributed by atoms with Crippen LogP contribution in [0.1, 0.15) is 0 Å². The number of benzene rings is 10. The molecule has 3 nitrogen and oxygen atoms in total. The van der Waals surface area contributed by atoms with Crippen LogP contribution in [0.25, 0.3) is 98.4 Å². The molecule has 57 heavy (non-hydrogen) atoms. The Morgan fingerprint density at radius 2 is 0.877 bits per heavy atom. The average Bonchev–Trinajstić information content (AvgIpc) is 3.85. The zero-order valence-electron chi connectivity index (χ0n) is 30.8. The van der Waals surface area contributed by atoms with Crippen molar-refractivity contribution in [3.63, 3.8) is 0 Å². The van der Waals surface area contributed by atoms with Crippen LogP contribution < -0.4 is 4.90 Å². The van der Waals surface area contributed by atoms with E-state index in [0.717, 1.165) is 82.8 Å². The topological polar surface area (TPSA) is 29.5 Å². The highest BCUT2D eigenvalue weighted by atomic mass is 16.3. The summed E-state index contributed by atoms with van der Waals surface area (Å²) in [7, 11) is 0. The van der Waals surface area contributed by atoms with Crippen molar-refractivity contribution >= 4 is 93.3 Å². The SMILES string of the molecule is c1ccc(-c2cc3oc4ccccc4c3c3ccc(N(c4ccc(-c5cc6ccccc6c6ccccc56)cc4)c4cccc5oc6ccccc6c45)cc23)cc1. The molecule has 0 aliphatic rings. The number of para-hydroxylation sites is 2. The van der Waals surface area contributed by atoms with Crippen LogP contribution in [-0.4, -0.2) is 0 Å². The van der Waals surface area contributed by atoms with E-state index in [4.69, 9.17) is 8.83 Å². The second-order valence-corrected chi connectivity index (χ2v) is 14.8. The minimum absolute atomic E-state index is 0.857. The van der Waals surface area contributed by atoms with Crippen molar-refractivity contribution in [2.45, 2.75) is 0 Å². The third-order valence-electron chi connectivity index (χ3n) is 11.6. The van der Waals surface area contributed by atoms with Crippen LogP contribution in [0, 0.1) is 0 Å². The maximum absolute atomic E-state index is 6.50. The Morgan fingerprint density at radius 3 is 1.67 bits per heavy atom. The molecule has 0 amide bonds. The van der Waals surface area contributed by atoms with Crippen molar-refractivity contribution in [3.8, 4) is 22.3 Å². The fraction of sp³-hybridized carbons (Fsp3) is 0. The monoisotopic (exact) mass is 727 g/mol. The summed E-state index contributed by atoms with van der Waals surface area (Å²) in [6.07, 6.45) is 0. The molecule has 0 unspecified atom stereocenters. The lowest BCUT2D eigenvalue weighted by Crippen LogP contribution is -2.10. The van der Waals surface area contributed by atoms with Gasteiger partial charge in [-0.1, -0.05) is 140 Å². The van der Waals surface area contributed by atoms with Crippen LogP contribution in [0.5, 0.6) is 0 Å². The number of rotatable bonds is 5. The van der Waals surface area contributed by atoms with Crippen molar-refractivity contribution < 1.29 is 8.83 Å². The molecule has 0 aliphatic carbocycles. The fourth-order valence-corrected chi connectivity index (χ4v) is 9.07. The Hall–Kier alpha value is -7.62. The van der Waals surface area contributed by atoms with Gasteiger partial charge in [-0.15, -0.1) is 0 Å². The van der Waals surface area contributed by atoms with Gasteiger partial charge in [0.15, 0.2) is 0 Å². The molecule has 0 N–H and O–H groups in total. The maximum atomic E-state index is 6.50. The molecule has 2 heterocycles.